The van der Waals surface area contributed by atoms with Crippen LogP contribution < -0.4 is 5.32 Å². The molecule has 1 N–H and O–H groups in total. The van der Waals surface area contributed by atoms with Gasteiger partial charge in [-0.1, -0.05) is 17.7 Å². The van der Waals surface area contributed by atoms with E-state index in [1.807, 2.05) is 37.1 Å². The van der Waals surface area contributed by atoms with Gasteiger partial charge in [0, 0.05) is 29.7 Å². The van der Waals surface area contributed by atoms with Crippen LogP contribution in [0.2, 0.25) is 5.02 Å². The largest absolute Gasteiger partial charge is 0.334 e. The lowest BCUT2D eigenvalue weighted by Crippen LogP contribution is -2.41. The maximum absolute atomic E-state index is 12.5. The van der Waals surface area contributed by atoms with Crippen molar-refractivity contribution in [1.82, 2.24) is 10.2 Å². The third kappa shape index (κ3) is 3.41. The summed E-state index contributed by atoms with van der Waals surface area (Å²) in [4.78, 5) is 14.5. The number of likely N-dealkylation sites (tertiary alicyclic amines) is 1. The number of likely N-dealkylation sites (N-methyl/N-ethyl adjacent to an activating group) is 1. The highest BCUT2D eigenvalue weighted by molar-refractivity contribution is 6.31. The molecule has 1 atom stereocenters. The van der Waals surface area contributed by atoms with Crippen LogP contribution in [0.15, 0.2) is 18.2 Å². The summed E-state index contributed by atoms with van der Waals surface area (Å²) in [5, 5.41) is 3.81. The Morgan fingerprint density at radius 2 is 2.26 bits per heavy atom. The fourth-order valence-corrected chi connectivity index (χ4v) is 2.72. The van der Waals surface area contributed by atoms with Gasteiger partial charge in [0.1, 0.15) is 0 Å². The molecule has 1 fully saturated rings. The van der Waals surface area contributed by atoms with Crippen molar-refractivity contribution in [2.24, 2.45) is 0 Å². The Morgan fingerprint density at radius 3 is 2.95 bits per heavy atom. The van der Waals surface area contributed by atoms with Crippen molar-refractivity contribution in [2.75, 3.05) is 20.1 Å². The van der Waals surface area contributed by atoms with Crippen LogP contribution in [0.1, 0.15) is 28.8 Å². The summed E-state index contributed by atoms with van der Waals surface area (Å²) in [6, 6.07) is 5.83. The average molecular weight is 303 g/mol. The molecule has 1 unspecified atom stereocenters. The first-order valence-corrected chi connectivity index (χ1v) is 6.73. The van der Waals surface area contributed by atoms with Gasteiger partial charge in [0.25, 0.3) is 5.91 Å². The third-order valence-electron chi connectivity index (χ3n) is 3.58. The summed E-state index contributed by atoms with van der Waals surface area (Å²) in [6.07, 6.45) is 2.16. The van der Waals surface area contributed by atoms with E-state index in [9.17, 15) is 4.79 Å². The van der Waals surface area contributed by atoms with E-state index in [2.05, 4.69) is 5.32 Å². The minimum atomic E-state index is 0. The van der Waals surface area contributed by atoms with Crippen LogP contribution in [0, 0.1) is 6.92 Å². The van der Waals surface area contributed by atoms with Crippen LogP contribution in [0.5, 0.6) is 0 Å². The minimum absolute atomic E-state index is 0. The molecule has 2 rings (SSSR count). The summed E-state index contributed by atoms with van der Waals surface area (Å²) in [5.41, 5.74) is 1.60. The summed E-state index contributed by atoms with van der Waals surface area (Å²) in [6.45, 7) is 3.60. The lowest BCUT2D eigenvalue weighted by atomic mass is 10.1. The van der Waals surface area contributed by atoms with Gasteiger partial charge in [0.2, 0.25) is 0 Å². The van der Waals surface area contributed by atoms with Crippen molar-refractivity contribution < 1.29 is 4.79 Å². The molecule has 19 heavy (non-hydrogen) atoms. The van der Waals surface area contributed by atoms with Crippen molar-refractivity contribution in [2.45, 2.75) is 25.8 Å². The molecule has 1 aromatic carbocycles. The Bertz CT molecular complexity index is 451. The SMILES string of the molecule is CNCC1CCCN1C(=O)c1cccc(Cl)c1C.Cl. The maximum atomic E-state index is 12.5. The first-order valence-electron chi connectivity index (χ1n) is 6.36. The molecule has 0 aliphatic carbocycles. The normalized spacial score (nSPS) is 18.3. The maximum Gasteiger partial charge on any atom is 0.254 e. The Morgan fingerprint density at radius 1 is 1.53 bits per heavy atom. The van der Waals surface area contributed by atoms with Crippen molar-refractivity contribution in [1.29, 1.82) is 0 Å². The van der Waals surface area contributed by atoms with E-state index in [0.29, 0.717) is 11.1 Å². The van der Waals surface area contributed by atoms with Crippen molar-refractivity contribution in [3.05, 3.63) is 34.3 Å². The number of halogens is 2. The zero-order valence-electron chi connectivity index (χ0n) is 11.3. The smallest absolute Gasteiger partial charge is 0.254 e. The van der Waals surface area contributed by atoms with E-state index in [1.54, 1.807) is 0 Å². The van der Waals surface area contributed by atoms with Gasteiger partial charge in [0.15, 0.2) is 0 Å². The van der Waals surface area contributed by atoms with Gasteiger partial charge in [-0.2, -0.15) is 0 Å². The second-order valence-electron chi connectivity index (χ2n) is 4.76. The van der Waals surface area contributed by atoms with E-state index in [4.69, 9.17) is 11.6 Å². The van der Waals surface area contributed by atoms with Crippen molar-refractivity contribution >= 4 is 29.9 Å². The Labute approximate surface area is 125 Å². The molecule has 0 spiro atoms. The van der Waals surface area contributed by atoms with Gasteiger partial charge >= 0.3 is 0 Å². The number of carbonyl (C=O) groups excluding carboxylic acids is 1. The second-order valence-corrected chi connectivity index (χ2v) is 5.17. The molecule has 0 aromatic heterocycles. The predicted molar refractivity (Wildman–Crippen MR) is 81.4 cm³/mol. The molecule has 106 valence electrons. The predicted octanol–water partition coefficient (Wildman–Crippen LogP) is 2.89. The first-order chi connectivity index (χ1) is 8.65. The molecule has 0 bridgehead atoms. The lowest BCUT2D eigenvalue weighted by Gasteiger charge is -2.25. The molecular formula is C14H20Cl2N2O. The number of amides is 1. The molecule has 3 nitrogen and oxygen atoms in total. The van der Waals surface area contributed by atoms with Crippen LogP contribution >= 0.6 is 24.0 Å². The standard InChI is InChI=1S/C14H19ClN2O.ClH/c1-10-12(6-3-7-13(10)15)14(18)17-8-4-5-11(17)9-16-2;/h3,6-7,11,16H,4-5,8-9H2,1-2H3;1H. The molecule has 1 aliphatic rings. The molecule has 5 heteroatoms. The van der Waals surface area contributed by atoms with Gasteiger partial charge in [-0.25, -0.2) is 0 Å². The highest BCUT2D eigenvalue weighted by Gasteiger charge is 2.29. The van der Waals surface area contributed by atoms with Gasteiger partial charge in [-0.15, -0.1) is 12.4 Å². The zero-order chi connectivity index (χ0) is 13.1. The average Bonchev–Trinajstić information content (AvgIpc) is 2.80. The molecule has 1 aromatic rings. The van der Waals surface area contributed by atoms with E-state index in [1.165, 1.54) is 0 Å². The van der Waals surface area contributed by atoms with E-state index < -0.39 is 0 Å². The summed E-state index contributed by atoms with van der Waals surface area (Å²) < 4.78 is 0. The number of hydrogen-bond acceptors (Lipinski definition) is 2. The molecule has 0 saturated carbocycles. The Kier molecular flexibility index (Phi) is 6.11. The van der Waals surface area contributed by atoms with Crippen molar-refractivity contribution in [3.8, 4) is 0 Å². The van der Waals surface area contributed by atoms with E-state index >= 15 is 0 Å². The minimum Gasteiger partial charge on any atom is -0.334 e. The van der Waals surface area contributed by atoms with Crippen LogP contribution in [-0.2, 0) is 0 Å². The molecule has 1 amide bonds. The van der Waals surface area contributed by atoms with Crippen LogP contribution in [0.3, 0.4) is 0 Å². The second kappa shape index (κ2) is 7.13. The molecule has 1 saturated heterocycles. The molecule has 0 radical (unpaired) electrons. The van der Waals surface area contributed by atoms with Gasteiger partial charge in [-0.3, -0.25) is 4.79 Å². The molecule has 1 heterocycles. The van der Waals surface area contributed by atoms with Crippen molar-refractivity contribution in [3.63, 3.8) is 0 Å². The number of carbonyl (C=O) groups is 1. The zero-order valence-corrected chi connectivity index (χ0v) is 12.9. The van der Waals surface area contributed by atoms with Crippen LogP contribution in [-0.4, -0.2) is 37.0 Å². The Hall–Kier alpha value is -0.770. The highest BCUT2D eigenvalue weighted by atomic mass is 35.5. The third-order valence-corrected chi connectivity index (χ3v) is 3.99. The molecule has 1 aliphatic heterocycles. The number of benzene rings is 1. The fraction of sp³-hybridized carbons (Fsp3) is 0.500. The van der Waals surface area contributed by atoms with Crippen LogP contribution in [0.25, 0.3) is 0 Å². The lowest BCUT2D eigenvalue weighted by molar-refractivity contribution is 0.0736. The van der Waals surface area contributed by atoms with Gasteiger partial charge < -0.3 is 10.2 Å². The van der Waals surface area contributed by atoms with Gasteiger partial charge in [-0.05, 0) is 44.5 Å². The van der Waals surface area contributed by atoms with Gasteiger partial charge in [0.05, 0.1) is 0 Å². The van der Waals surface area contributed by atoms with E-state index in [0.717, 1.165) is 37.1 Å². The van der Waals surface area contributed by atoms with E-state index in [-0.39, 0.29) is 18.3 Å². The number of nitrogens with zero attached hydrogens (tertiary/aromatic N) is 1. The monoisotopic (exact) mass is 302 g/mol. The summed E-state index contributed by atoms with van der Waals surface area (Å²) in [5.74, 6) is 0.104. The fourth-order valence-electron chi connectivity index (χ4n) is 2.54. The Balaban J connectivity index is 0.00000180. The summed E-state index contributed by atoms with van der Waals surface area (Å²) in [7, 11) is 1.92. The topological polar surface area (TPSA) is 32.3 Å². The summed E-state index contributed by atoms with van der Waals surface area (Å²) >= 11 is 6.08. The number of nitrogens with one attached hydrogen (secondary N) is 1. The van der Waals surface area contributed by atoms with Crippen LogP contribution in [0.4, 0.5) is 0 Å². The number of rotatable bonds is 3. The number of hydrogen-bond donors (Lipinski definition) is 1. The molecular weight excluding hydrogens is 283 g/mol. The quantitative estimate of drug-likeness (QED) is 0.931. The highest BCUT2D eigenvalue weighted by Crippen LogP contribution is 2.24. The first kappa shape index (κ1) is 16.3.